The molecule has 180 valence electrons. The molecule has 0 unspecified atom stereocenters. The summed E-state index contributed by atoms with van der Waals surface area (Å²) in [5.41, 5.74) is 6.45. The maximum absolute atomic E-state index is 13.2. The van der Waals surface area contributed by atoms with E-state index in [-0.39, 0.29) is 0 Å². The van der Waals surface area contributed by atoms with Crippen molar-refractivity contribution in [2.45, 2.75) is 32.4 Å². The van der Waals surface area contributed by atoms with E-state index in [1.807, 2.05) is 47.0 Å². The third kappa shape index (κ3) is 3.98. The molecule has 0 saturated heterocycles. The number of benzene rings is 2. The number of fused-ring (bicyclic) bond motifs is 1. The van der Waals surface area contributed by atoms with E-state index < -0.39 is 17.4 Å². The van der Waals surface area contributed by atoms with E-state index in [2.05, 4.69) is 31.5 Å². The number of halogens is 1. The van der Waals surface area contributed by atoms with E-state index in [0.717, 1.165) is 21.4 Å². The summed E-state index contributed by atoms with van der Waals surface area (Å²) in [6, 6.07) is 15.6. The summed E-state index contributed by atoms with van der Waals surface area (Å²) in [6.45, 7) is 4.58. The van der Waals surface area contributed by atoms with Crippen LogP contribution in [0.2, 0.25) is 5.02 Å². The molecule has 0 fully saturated rings. The number of nitrogens with one attached hydrogen (secondary N) is 1. The molecule has 2 aromatic carbocycles. The lowest BCUT2D eigenvalue weighted by Gasteiger charge is -2.13. The molecule has 3 heterocycles. The van der Waals surface area contributed by atoms with Gasteiger partial charge in [-0.15, -0.1) is 0 Å². The standard InChI is InChI=1S/C26H26ClN5O3/c1-15(2)16-9-11-17(12-10-16)23-28-24-22(25(33)31(4)26(34)30(24)3)32(23)14-18-13-21(29-35-18)19-7-5-6-8-20(19)27/h5-13,15,18,29H,14H2,1-4H3/t18-/m0/s1. The van der Waals surface area contributed by atoms with Gasteiger partial charge in [0.25, 0.3) is 5.56 Å². The van der Waals surface area contributed by atoms with Gasteiger partial charge < -0.3 is 4.57 Å². The molecule has 1 atom stereocenters. The van der Waals surface area contributed by atoms with Crippen LogP contribution in [-0.4, -0.2) is 24.8 Å². The average molecular weight is 492 g/mol. The van der Waals surface area contributed by atoms with Crippen LogP contribution in [0.15, 0.2) is 64.2 Å². The molecule has 0 saturated carbocycles. The van der Waals surface area contributed by atoms with E-state index in [1.165, 1.54) is 17.2 Å². The molecule has 9 heteroatoms. The number of hydroxylamine groups is 1. The van der Waals surface area contributed by atoms with Gasteiger partial charge >= 0.3 is 5.69 Å². The van der Waals surface area contributed by atoms with Crippen LogP contribution in [0.5, 0.6) is 0 Å². The van der Waals surface area contributed by atoms with Gasteiger partial charge in [0.2, 0.25) is 0 Å². The van der Waals surface area contributed by atoms with Crippen LogP contribution in [0.3, 0.4) is 0 Å². The van der Waals surface area contributed by atoms with Crippen molar-refractivity contribution < 1.29 is 4.84 Å². The maximum Gasteiger partial charge on any atom is 0.332 e. The summed E-state index contributed by atoms with van der Waals surface area (Å²) >= 11 is 6.36. The minimum atomic E-state index is -0.423. The van der Waals surface area contributed by atoms with Crippen molar-refractivity contribution in [2.24, 2.45) is 14.1 Å². The molecule has 1 N–H and O–H groups in total. The van der Waals surface area contributed by atoms with Gasteiger partial charge in [-0.3, -0.25) is 24.2 Å². The Bertz CT molecular complexity index is 1580. The van der Waals surface area contributed by atoms with Crippen molar-refractivity contribution in [3.8, 4) is 11.4 Å². The van der Waals surface area contributed by atoms with Crippen LogP contribution in [0.25, 0.3) is 28.2 Å². The maximum atomic E-state index is 13.2. The predicted molar refractivity (Wildman–Crippen MR) is 137 cm³/mol. The molecular weight excluding hydrogens is 466 g/mol. The summed E-state index contributed by atoms with van der Waals surface area (Å²) in [4.78, 5) is 36.4. The Morgan fingerprint density at radius 3 is 2.46 bits per heavy atom. The molecular formula is C26H26ClN5O3. The van der Waals surface area contributed by atoms with E-state index in [4.69, 9.17) is 21.4 Å². The highest BCUT2D eigenvalue weighted by atomic mass is 35.5. The third-order valence-electron chi connectivity index (χ3n) is 6.38. The Balaban J connectivity index is 1.65. The zero-order valence-electron chi connectivity index (χ0n) is 19.9. The molecule has 4 aromatic rings. The number of hydrogen-bond donors (Lipinski definition) is 1. The van der Waals surface area contributed by atoms with Crippen LogP contribution in [-0.2, 0) is 25.5 Å². The molecule has 8 nitrogen and oxygen atoms in total. The molecule has 2 aromatic heterocycles. The van der Waals surface area contributed by atoms with E-state index in [1.54, 1.807) is 7.05 Å². The van der Waals surface area contributed by atoms with E-state index in [0.29, 0.717) is 34.5 Å². The van der Waals surface area contributed by atoms with Gasteiger partial charge in [-0.05, 0) is 23.6 Å². The van der Waals surface area contributed by atoms with Gasteiger partial charge in [0.15, 0.2) is 11.2 Å². The summed E-state index contributed by atoms with van der Waals surface area (Å²) in [6.07, 6.45) is 1.54. The first-order valence-electron chi connectivity index (χ1n) is 11.4. The van der Waals surface area contributed by atoms with Crippen LogP contribution in [0.1, 0.15) is 30.9 Å². The van der Waals surface area contributed by atoms with Crippen LogP contribution < -0.4 is 16.7 Å². The number of aryl methyl sites for hydroxylation is 1. The molecule has 35 heavy (non-hydrogen) atoms. The molecule has 1 aliphatic rings. The lowest BCUT2D eigenvalue weighted by molar-refractivity contribution is 0.0426. The zero-order chi connectivity index (χ0) is 24.9. The fourth-order valence-corrected chi connectivity index (χ4v) is 4.59. The Kier molecular flexibility index (Phi) is 5.86. The van der Waals surface area contributed by atoms with Gasteiger partial charge in [-0.25, -0.2) is 9.78 Å². The Hall–Kier alpha value is -3.62. The van der Waals surface area contributed by atoms with Gasteiger partial charge in [0.05, 0.1) is 12.2 Å². The monoisotopic (exact) mass is 491 g/mol. The third-order valence-corrected chi connectivity index (χ3v) is 6.71. The molecule has 5 rings (SSSR count). The quantitative estimate of drug-likeness (QED) is 0.459. The highest BCUT2D eigenvalue weighted by molar-refractivity contribution is 6.32. The fourth-order valence-electron chi connectivity index (χ4n) is 4.35. The van der Waals surface area contributed by atoms with Gasteiger partial charge in [0, 0.05) is 30.2 Å². The number of rotatable bonds is 5. The Morgan fingerprint density at radius 2 is 1.77 bits per heavy atom. The number of nitrogens with zero attached hydrogens (tertiary/aromatic N) is 4. The van der Waals surface area contributed by atoms with Crippen molar-refractivity contribution in [2.75, 3.05) is 0 Å². The Morgan fingerprint density at radius 1 is 1.06 bits per heavy atom. The van der Waals surface area contributed by atoms with E-state index >= 15 is 0 Å². The SMILES string of the molecule is CC(C)c1ccc(-c2nc3c(c(=O)n(C)c(=O)n3C)n2C[C@@H]2C=C(c3ccccc3Cl)NO2)cc1. The molecule has 0 spiro atoms. The summed E-state index contributed by atoms with van der Waals surface area (Å²) in [7, 11) is 3.09. The minimum absolute atomic E-state index is 0.312. The lowest BCUT2D eigenvalue weighted by Crippen LogP contribution is -2.37. The largest absolute Gasteiger partial charge is 0.332 e. The average Bonchev–Trinajstić information content (AvgIpc) is 3.47. The fraction of sp³-hybridized carbons (Fsp3) is 0.269. The summed E-state index contributed by atoms with van der Waals surface area (Å²) in [5, 5.41) is 0.610. The molecule has 0 aliphatic carbocycles. The van der Waals surface area contributed by atoms with E-state index in [9.17, 15) is 9.59 Å². The Labute approximate surface area is 207 Å². The molecule has 0 bridgehead atoms. The second-order valence-corrected chi connectivity index (χ2v) is 9.43. The molecule has 1 aliphatic heterocycles. The smallest absolute Gasteiger partial charge is 0.315 e. The van der Waals surface area contributed by atoms with Crippen molar-refractivity contribution in [3.63, 3.8) is 0 Å². The lowest BCUT2D eigenvalue weighted by atomic mass is 10.0. The first-order valence-corrected chi connectivity index (χ1v) is 11.8. The van der Waals surface area contributed by atoms with Crippen molar-refractivity contribution in [1.82, 2.24) is 24.2 Å². The van der Waals surface area contributed by atoms with Gasteiger partial charge in [0.1, 0.15) is 11.9 Å². The highest BCUT2D eigenvalue weighted by Gasteiger charge is 2.25. The number of imidazole rings is 1. The minimum Gasteiger partial charge on any atom is -0.315 e. The number of hydrogen-bond acceptors (Lipinski definition) is 5. The normalized spacial score (nSPS) is 15.6. The predicted octanol–water partition coefficient (Wildman–Crippen LogP) is 3.82. The zero-order valence-corrected chi connectivity index (χ0v) is 20.7. The van der Waals surface area contributed by atoms with Crippen LogP contribution in [0, 0.1) is 0 Å². The summed E-state index contributed by atoms with van der Waals surface area (Å²) in [5.74, 6) is 0.985. The second kappa shape index (κ2) is 8.87. The molecule has 0 amide bonds. The van der Waals surface area contributed by atoms with Crippen molar-refractivity contribution >= 4 is 28.5 Å². The molecule has 0 radical (unpaired) electrons. The second-order valence-electron chi connectivity index (χ2n) is 9.02. The van der Waals surface area contributed by atoms with Gasteiger partial charge in [-0.1, -0.05) is 67.9 Å². The first kappa shape index (κ1) is 23.1. The first-order chi connectivity index (χ1) is 16.8. The summed E-state index contributed by atoms with van der Waals surface area (Å²) < 4.78 is 4.34. The topological polar surface area (TPSA) is 83.1 Å². The van der Waals surface area contributed by atoms with Crippen LogP contribution >= 0.6 is 11.6 Å². The number of aromatic nitrogens is 4. The van der Waals surface area contributed by atoms with Crippen molar-refractivity contribution in [1.29, 1.82) is 0 Å². The van der Waals surface area contributed by atoms with Crippen LogP contribution in [0.4, 0.5) is 0 Å². The van der Waals surface area contributed by atoms with Gasteiger partial charge in [-0.2, -0.15) is 0 Å². The highest BCUT2D eigenvalue weighted by Crippen LogP contribution is 2.29. The van der Waals surface area contributed by atoms with Crippen molar-refractivity contribution in [3.05, 3.63) is 91.6 Å².